The van der Waals surface area contributed by atoms with Crippen LogP contribution in [0.4, 0.5) is 4.39 Å². The molecule has 3 aromatic heterocycles. The summed E-state index contributed by atoms with van der Waals surface area (Å²) in [4.78, 5) is 17.4. The van der Waals surface area contributed by atoms with E-state index >= 15 is 0 Å². The largest absolute Gasteiger partial charge is 0.469 e. The lowest BCUT2D eigenvalue weighted by Crippen LogP contribution is -2.19. The highest BCUT2D eigenvalue weighted by Crippen LogP contribution is 2.36. The second kappa shape index (κ2) is 9.72. The van der Waals surface area contributed by atoms with Crippen LogP contribution in [0.3, 0.4) is 0 Å². The first-order valence-electron chi connectivity index (χ1n) is 12.4. The molecule has 1 aliphatic carbocycles. The summed E-state index contributed by atoms with van der Waals surface area (Å²) in [6.07, 6.45) is 7.66. The molecule has 3 heterocycles. The van der Waals surface area contributed by atoms with Gasteiger partial charge < -0.3 is 9.26 Å². The summed E-state index contributed by atoms with van der Waals surface area (Å²) in [7, 11) is 1.44. The molecule has 1 aliphatic rings. The number of hydrogen-bond donors (Lipinski definition) is 0. The van der Waals surface area contributed by atoms with Crippen molar-refractivity contribution < 1.29 is 18.4 Å². The third-order valence-corrected chi connectivity index (χ3v) is 7.14. The van der Waals surface area contributed by atoms with Crippen LogP contribution in [0.15, 0.2) is 47.1 Å². The van der Waals surface area contributed by atoms with Gasteiger partial charge >= 0.3 is 5.97 Å². The number of aryl methyl sites for hydroxylation is 3. The Labute approximate surface area is 209 Å². The minimum Gasteiger partial charge on any atom is -0.469 e. The molecule has 186 valence electrons. The number of halogens is 1. The Balaban J connectivity index is 1.65. The van der Waals surface area contributed by atoms with Crippen molar-refractivity contribution in [2.75, 3.05) is 7.11 Å². The number of esters is 1. The van der Waals surface area contributed by atoms with E-state index in [4.69, 9.17) is 14.2 Å². The number of rotatable bonds is 6. The molecule has 5 rings (SSSR count). The number of fused-ring (bicyclic) bond motifs is 1. The van der Waals surface area contributed by atoms with Crippen LogP contribution < -0.4 is 0 Å². The first-order valence-corrected chi connectivity index (χ1v) is 12.4. The third-order valence-electron chi connectivity index (χ3n) is 7.14. The van der Waals surface area contributed by atoms with E-state index < -0.39 is 0 Å². The van der Waals surface area contributed by atoms with E-state index in [-0.39, 0.29) is 17.7 Å². The third kappa shape index (κ3) is 4.34. The van der Waals surface area contributed by atoms with Crippen LogP contribution in [-0.2, 0) is 22.4 Å². The lowest BCUT2D eigenvalue weighted by molar-refractivity contribution is -0.145. The summed E-state index contributed by atoms with van der Waals surface area (Å²) in [6.45, 7) is 5.90. The molecule has 0 fully saturated rings. The molecule has 0 radical (unpaired) electrons. The Hall–Kier alpha value is -3.74. The first kappa shape index (κ1) is 24.0. The van der Waals surface area contributed by atoms with Crippen LogP contribution in [-0.4, -0.2) is 27.6 Å². The van der Waals surface area contributed by atoms with E-state index in [9.17, 15) is 9.18 Å². The molecule has 7 heteroatoms. The summed E-state index contributed by atoms with van der Waals surface area (Å²) >= 11 is 0. The van der Waals surface area contributed by atoms with E-state index in [1.54, 1.807) is 6.07 Å². The maximum atomic E-state index is 14.2. The van der Waals surface area contributed by atoms with Crippen molar-refractivity contribution in [3.63, 3.8) is 0 Å². The highest BCUT2D eigenvalue weighted by atomic mass is 19.1. The molecule has 0 spiro atoms. The SMILES string of the molecule is CCc1ccc(F)cc1Cc1nc2cc(-c3c(C)noc3C)ccn2c1C1=CCCC(C(=O)OC)C1. The van der Waals surface area contributed by atoms with Gasteiger partial charge in [-0.2, -0.15) is 0 Å². The van der Waals surface area contributed by atoms with Gasteiger partial charge in [0, 0.05) is 18.2 Å². The Morgan fingerprint density at radius 2 is 2.06 bits per heavy atom. The molecule has 36 heavy (non-hydrogen) atoms. The normalized spacial score (nSPS) is 15.8. The number of carbonyl (C=O) groups is 1. The maximum Gasteiger partial charge on any atom is 0.309 e. The lowest BCUT2D eigenvalue weighted by atomic mass is 9.86. The maximum absolute atomic E-state index is 14.2. The summed E-state index contributed by atoms with van der Waals surface area (Å²) in [5.41, 5.74) is 8.48. The molecule has 1 unspecified atom stereocenters. The van der Waals surface area contributed by atoms with Crippen LogP contribution in [0, 0.1) is 25.6 Å². The van der Waals surface area contributed by atoms with Gasteiger partial charge in [0.25, 0.3) is 0 Å². The predicted octanol–water partition coefficient (Wildman–Crippen LogP) is 6.25. The highest BCUT2D eigenvalue weighted by Gasteiger charge is 2.27. The molecule has 1 aromatic carbocycles. The average Bonchev–Trinajstić information content (AvgIpc) is 3.41. The van der Waals surface area contributed by atoms with Crippen molar-refractivity contribution >= 4 is 17.2 Å². The molecular formula is C29H30FN3O3. The average molecular weight is 488 g/mol. The van der Waals surface area contributed by atoms with Gasteiger partial charge in [0.1, 0.15) is 17.2 Å². The number of ether oxygens (including phenoxy) is 1. The molecule has 6 nitrogen and oxygen atoms in total. The lowest BCUT2D eigenvalue weighted by Gasteiger charge is -2.21. The van der Waals surface area contributed by atoms with E-state index in [1.807, 2.05) is 38.2 Å². The second-order valence-corrected chi connectivity index (χ2v) is 9.42. The van der Waals surface area contributed by atoms with E-state index in [1.165, 1.54) is 13.2 Å². The minimum atomic E-state index is -0.254. The number of nitrogens with zero attached hydrogens (tertiary/aromatic N) is 3. The quantitative estimate of drug-likeness (QED) is 0.301. The Bertz CT molecular complexity index is 1460. The Kier molecular flexibility index (Phi) is 6.48. The van der Waals surface area contributed by atoms with E-state index in [2.05, 4.69) is 22.6 Å². The standard InChI is InChI=1S/C29H30FN3O3/c1-5-19-9-10-24(30)14-23(19)15-25-28(21-7-6-8-22(13-21)29(34)35-4)33-12-11-20(16-26(33)31-25)27-17(2)32-36-18(27)3/h7,9-12,14,16,22H,5-6,8,13,15H2,1-4H3. The zero-order valence-corrected chi connectivity index (χ0v) is 21.1. The van der Waals surface area contributed by atoms with E-state index in [0.717, 1.165) is 75.6 Å². The summed E-state index contributed by atoms with van der Waals surface area (Å²) in [5, 5.41) is 4.09. The van der Waals surface area contributed by atoms with Crippen molar-refractivity contribution in [1.82, 2.24) is 14.5 Å². The number of methoxy groups -OCH3 is 1. The number of imidazole rings is 1. The number of pyridine rings is 1. The fraction of sp³-hybridized carbons (Fsp3) is 0.345. The van der Waals surface area contributed by atoms with Crippen LogP contribution in [0.5, 0.6) is 0 Å². The monoisotopic (exact) mass is 487 g/mol. The first-order chi connectivity index (χ1) is 17.4. The molecule has 0 N–H and O–H groups in total. The highest BCUT2D eigenvalue weighted by molar-refractivity contribution is 5.79. The van der Waals surface area contributed by atoms with Crippen molar-refractivity contribution in [3.05, 3.63) is 82.4 Å². The van der Waals surface area contributed by atoms with Crippen LogP contribution in [0.1, 0.15) is 60.2 Å². The number of hydrogen-bond acceptors (Lipinski definition) is 5. The molecule has 0 bridgehead atoms. The van der Waals surface area contributed by atoms with Gasteiger partial charge in [0.05, 0.1) is 30.1 Å². The Morgan fingerprint density at radius 3 is 2.78 bits per heavy atom. The predicted molar refractivity (Wildman–Crippen MR) is 136 cm³/mol. The van der Waals surface area contributed by atoms with Gasteiger partial charge in [0.15, 0.2) is 0 Å². The molecule has 1 atom stereocenters. The molecule has 0 saturated carbocycles. The van der Waals surface area contributed by atoms with Crippen molar-refractivity contribution in [2.45, 2.75) is 52.9 Å². The molecule has 0 aliphatic heterocycles. The van der Waals surface area contributed by atoms with Crippen LogP contribution in [0.2, 0.25) is 0 Å². The molecular weight excluding hydrogens is 457 g/mol. The van der Waals surface area contributed by atoms with Gasteiger partial charge in [-0.3, -0.25) is 9.20 Å². The number of allylic oxidation sites excluding steroid dienone is 2. The minimum absolute atomic E-state index is 0.185. The van der Waals surface area contributed by atoms with Gasteiger partial charge in [0.2, 0.25) is 0 Å². The molecule has 0 saturated heterocycles. The summed E-state index contributed by atoms with van der Waals surface area (Å²) in [5.74, 6) is 0.133. The van der Waals surface area contributed by atoms with Crippen LogP contribution in [0.25, 0.3) is 22.3 Å². The fourth-order valence-electron chi connectivity index (χ4n) is 5.36. The zero-order chi connectivity index (χ0) is 25.4. The fourth-order valence-corrected chi connectivity index (χ4v) is 5.36. The van der Waals surface area contributed by atoms with Gasteiger partial charge in [-0.1, -0.05) is 24.2 Å². The van der Waals surface area contributed by atoms with Crippen molar-refractivity contribution in [3.8, 4) is 11.1 Å². The molecule has 0 amide bonds. The van der Waals surface area contributed by atoms with E-state index in [0.29, 0.717) is 12.8 Å². The number of benzene rings is 1. The van der Waals surface area contributed by atoms with Crippen molar-refractivity contribution in [2.24, 2.45) is 5.92 Å². The summed E-state index contributed by atoms with van der Waals surface area (Å²) < 4.78 is 26.7. The summed E-state index contributed by atoms with van der Waals surface area (Å²) in [6, 6.07) is 9.03. The zero-order valence-electron chi connectivity index (χ0n) is 21.1. The van der Waals surface area contributed by atoms with Gasteiger partial charge in [-0.05, 0) is 86.1 Å². The smallest absolute Gasteiger partial charge is 0.309 e. The Morgan fingerprint density at radius 1 is 1.22 bits per heavy atom. The topological polar surface area (TPSA) is 69.6 Å². The van der Waals surface area contributed by atoms with Gasteiger partial charge in [-0.15, -0.1) is 0 Å². The molecule has 4 aromatic rings. The number of aromatic nitrogens is 3. The second-order valence-electron chi connectivity index (χ2n) is 9.42. The van der Waals surface area contributed by atoms with Gasteiger partial charge in [-0.25, -0.2) is 9.37 Å². The van der Waals surface area contributed by atoms with Crippen LogP contribution >= 0.6 is 0 Å². The number of carbonyl (C=O) groups excluding carboxylic acids is 1. The van der Waals surface area contributed by atoms with Crippen molar-refractivity contribution in [1.29, 1.82) is 0 Å².